The summed E-state index contributed by atoms with van der Waals surface area (Å²) >= 11 is 11.9. The van der Waals surface area contributed by atoms with Crippen molar-refractivity contribution in [2.45, 2.75) is 6.10 Å². The third kappa shape index (κ3) is 3.53. The molecule has 3 N–H and O–H groups in total. The van der Waals surface area contributed by atoms with Gasteiger partial charge >= 0.3 is 0 Å². The first-order chi connectivity index (χ1) is 9.08. The minimum atomic E-state index is -0.754. The van der Waals surface area contributed by atoms with Crippen molar-refractivity contribution in [2.75, 3.05) is 12.3 Å². The van der Waals surface area contributed by atoms with Crippen LogP contribution in [0.4, 0.5) is 5.69 Å². The molecule has 0 saturated heterocycles. The summed E-state index contributed by atoms with van der Waals surface area (Å²) in [6.07, 6.45) is -0.754. The smallest absolute Gasteiger partial charge is 0.139 e. The van der Waals surface area contributed by atoms with E-state index in [4.69, 9.17) is 33.7 Å². The second-order valence-electron chi connectivity index (χ2n) is 4.05. The van der Waals surface area contributed by atoms with Crippen molar-refractivity contribution in [2.24, 2.45) is 0 Å². The Labute approximate surface area is 121 Å². The summed E-state index contributed by atoms with van der Waals surface area (Å²) < 4.78 is 5.47. The van der Waals surface area contributed by atoms with E-state index in [9.17, 15) is 5.11 Å². The molecule has 0 aliphatic rings. The molecule has 0 radical (unpaired) electrons. The van der Waals surface area contributed by atoms with Crippen molar-refractivity contribution in [1.29, 1.82) is 0 Å². The number of ether oxygens (including phenoxy) is 1. The van der Waals surface area contributed by atoms with Crippen LogP contribution in [-0.2, 0) is 0 Å². The highest BCUT2D eigenvalue weighted by Gasteiger charge is 2.11. The highest BCUT2D eigenvalue weighted by atomic mass is 35.5. The number of nitrogens with two attached hydrogens (primary N) is 1. The van der Waals surface area contributed by atoms with Gasteiger partial charge < -0.3 is 15.6 Å². The van der Waals surface area contributed by atoms with E-state index in [1.807, 2.05) is 0 Å². The van der Waals surface area contributed by atoms with Crippen LogP contribution in [0.5, 0.6) is 5.75 Å². The number of aliphatic hydroxyl groups excluding tert-OH is 1. The molecule has 0 spiro atoms. The highest BCUT2D eigenvalue weighted by molar-refractivity contribution is 6.42. The topological polar surface area (TPSA) is 55.5 Å². The molecule has 0 amide bonds. The molecule has 2 aromatic carbocycles. The lowest BCUT2D eigenvalue weighted by molar-refractivity contribution is 0.108. The maximum Gasteiger partial charge on any atom is 0.139 e. The molecule has 0 aliphatic heterocycles. The van der Waals surface area contributed by atoms with Crippen molar-refractivity contribution < 1.29 is 9.84 Å². The zero-order valence-corrected chi connectivity index (χ0v) is 11.5. The molecule has 5 heteroatoms. The summed E-state index contributed by atoms with van der Waals surface area (Å²) in [6.45, 7) is 0.0873. The van der Waals surface area contributed by atoms with E-state index in [1.165, 1.54) is 0 Å². The molecular weight excluding hydrogens is 285 g/mol. The largest absolute Gasteiger partial charge is 0.489 e. The average Bonchev–Trinajstić information content (AvgIpc) is 2.41. The van der Waals surface area contributed by atoms with E-state index in [0.29, 0.717) is 21.5 Å². The molecule has 0 saturated carbocycles. The van der Waals surface area contributed by atoms with Crippen LogP contribution in [0.2, 0.25) is 10.0 Å². The van der Waals surface area contributed by atoms with Gasteiger partial charge in [0.15, 0.2) is 0 Å². The Morgan fingerprint density at radius 2 is 1.79 bits per heavy atom. The van der Waals surface area contributed by atoms with Crippen LogP contribution in [0.25, 0.3) is 0 Å². The van der Waals surface area contributed by atoms with Gasteiger partial charge in [0.1, 0.15) is 23.5 Å². The van der Waals surface area contributed by atoms with E-state index >= 15 is 0 Å². The average molecular weight is 298 g/mol. The van der Waals surface area contributed by atoms with Crippen LogP contribution in [-0.4, -0.2) is 11.7 Å². The lowest BCUT2D eigenvalue weighted by Crippen LogP contribution is -2.10. The van der Waals surface area contributed by atoms with Gasteiger partial charge in [0.2, 0.25) is 0 Å². The van der Waals surface area contributed by atoms with Gasteiger partial charge in [0.25, 0.3) is 0 Å². The molecule has 1 unspecified atom stereocenters. The quantitative estimate of drug-likeness (QED) is 0.846. The predicted molar refractivity (Wildman–Crippen MR) is 77.8 cm³/mol. The zero-order chi connectivity index (χ0) is 13.8. The first kappa shape index (κ1) is 14.0. The van der Waals surface area contributed by atoms with Crippen molar-refractivity contribution in [1.82, 2.24) is 0 Å². The second-order valence-corrected chi connectivity index (χ2v) is 4.83. The Morgan fingerprint density at radius 1 is 1.11 bits per heavy atom. The van der Waals surface area contributed by atoms with E-state index < -0.39 is 6.10 Å². The van der Waals surface area contributed by atoms with Crippen LogP contribution in [0.15, 0.2) is 42.5 Å². The number of aliphatic hydroxyl groups is 1. The highest BCUT2D eigenvalue weighted by Crippen LogP contribution is 2.32. The molecule has 0 heterocycles. The normalized spacial score (nSPS) is 12.2. The second kappa shape index (κ2) is 6.15. The van der Waals surface area contributed by atoms with Crippen LogP contribution in [0.1, 0.15) is 11.7 Å². The number of hydrogen-bond donors (Lipinski definition) is 2. The molecule has 0 aromatic heterocycles. The Hall–Kier alpha value is -1.42. The van der Waals surface area contributed by atoms with Crippen molar-refractivity contribution in [3.63, 3.8) is 0 Å². The summed E-state index contributed by atoms with van der Waals surface area (Å²) in [4.78, 5) is 0. The number of benzene rings is 2. The van der Waals surface area contributed by atoms with Crippen LogP contribution >= 0.6 is 23.2 Å². The number of nitrogen functional groups attached to an aromatic ring is 1. The fourth-order valence-corrected chi connectivity index (χ4v) is 1.92. The number of halogens is 2. The molecule has 0 aliphatic carbocycles. The van der Waals surface area contributed by atoms with E-state index in [2.05, 4.69) is 0 Å². The molecule has 0 bridgehead atoms. The van der Waals surface area contributed by atoms with Crippen molar-refractivity contribution >= 4 is 28.9 Å². The standard InChI is InChI=1S/C14H13Cl2NO2/c15-11-2-1-3-13(14(11)16)19-8-12(18)9-4-6-10(17)7-5-9/h1-7,12,18H,8,17H2. The minimum Gasteiger partial charge on any atom is -0.489 e. The first-order valence-electron chi connectivity index (χ1n) is 5.68. The maximum absolute atomic E-state index is 9.99. The Bertz CT molecular complexity index is 558. The summed E-state index contributed by atoms with van der Waals surface area (Å²) in [5.41, 5.74) is 6.96. The van der Waals surface area contributed by atoms with E-state index in [1.54, 1.807) is 42.5 Å². The van der Waals surface area contributed by atoms with Gasteiger partial charge in [-0.2, -0.15) is 0 Å². The van der Waals surface area contributed by atoms with Gasteiger partial charge in [0.05, 0.1) is 5.02 Å². The molecule has 100 valence electrons. The van der Waals surface area contributed by atoms with Crippen LogP contribution < -0.4 is 10.5 Å². The lowest BCUT2D eigenvalue weighted by Gasteiger charge is -2.14. The molecule has 19 heavy (non-hydrogen) atoms. The third-order valence-corrected chi connectivity index (χ3v) is 3.44. The summed E-state index contributed by atoms with van der Waals surface area (Å²) in [5.74, 6) is 0.448. The van der Waals surface area contributed by atoms with E-state index in [0.717, 1.165) is 5.56 Å². The molecular formula is C14H13Cl2NO2. The minimum absolute atomic E-state index is 0.0873. The molecule has 2 aromatic rings. The molecule has 0 fully saturated rings. The Balaban J connectivity index is 2.02. The lowest BCUT2D eigenvalue weighted by atomic mass is 10.1. The van der Waals surface area contributed by atoms with Crippen molar-refractivity contribution in [3.8, 4) is 5.75 Å². The summed E-state index contributed by atoms with van der Waals surface area (Å²) in [5, 5.41) is 10.8. The van der Waals surface area contributed by atoms with Crippen LogP contribution in [0.3, 0.4) is 0 Å². The zero-order valence-electron chi connectivity index (χ0n) is 10.0. The first-order valence-corrected chi connectivity index (χ1v) is 6.44. The molecule has 3 nitrogen and oxygen atoms in total. The van der Waals surface area contributed by atoms with Gasteiger partial charge in [-0.15, -0.1) is 0 Å². The summed E-state index contributed by atoms with van der Waals surface area (Å²) in [7, 11) is 0. The fourth-order valence-electron chi connectivity index (χ4n) is 1.58. The van der Waals surface area contributed by atoms with Gasteiger partial charge in [-0.1, -0.05) is 41.4 Å². The van der Waals surface area contributed by atoms with Gasteiger partial charge in [-0.3, -0.25) is 0 Å². The maximum atomic E-state index is 9.99. The number of hydrogen-bond acceptors (Lipinski definition) is 3. The third-order valence-electron chi connectivity index (χ3n) is 2.63. The summed E-state index contributed by atoms with van der Waals surface area (Å²) in [6, 6.07) is 12.1. The van der Waals surface area contributed by atoms with E-state index in [-0.39, 0.29) is 6.61 Å². The monoisotopic (exact) mass is 297 g/mol. The predicted octanol–water partition coefficient (Wildman–Crippen LogP) is 3.69. The number of anilines is 1. The van der Waals surface area contributed by atoms with Gasteiger partial charge in [-0.25, -0.2) is 0 Å². The Morgan fingerprint density at radius 3 is 2.47 bits per heavy atom. The fraction of sp³-hybridized carbons (Fsp3) is 0.143. The molecule has 2 rings (SSSR count). The number of rotatable bonds is 4. The Kier molecular flexibility index (Phi) is 4.53. The van der Waals surface area contributed by atoms with Crippen LogP contribution in [0, 0.1) is 0 Å². The SMILES string of the molecule is Nc1ccc(C(O)COc2cccc(Cl)c2Cl)cc1. The van der Waals surface area contributed by atoms with Gasteiger partial charge in [0, 0.05) is 5.69 Å². The van der Waals surface area contributed by atoms with Gasteiger partial charge in [-0.05, 0) is 29.8 Å². The van der Waals surface area contributed by atoms with Crippen molar-refractivity contribution in [3.05, 3.63) is 58.1 Å². The molecule has 1 atom stereocenters.